The van der Waals surface area contributed by atoms with Gasteiger partial charge in [0.25, 0.3) is 0 Å². The fraction of sp³-hybridized carbons (Fsp3) is 0.611. The van der Waals surface area contributed by atoms with E-state index in [1.807, 2.05) is 31.3 Å². The molecule has 1 aliphatic heterocycles. The van der Waals surface area contributed by atoms with Gasteiger partial charge in [-0.15, -0.1) is 0 Å². The van der Waals surface area contributed by atoms with Gasteiger partial charge in [0.1, 0.15) is 5.75 Å². The van der Waals surface area contributed by atoms with E-state index in [1.54, 1.807) is 7.11 Å². The van der Waals surface area contributed by atoms with Gasteiger partial charge in [-0.05, 0) is 42.7 Å². The molecular weight excluding hydrogens is 322 g/mol. The van der Waals surface area contributed by atoms with Crippen LogP contribution in [0.4, 0.5) is 0 Å². The van der Waals surface area contributed by atoms with Crippen molar-refractivity contribution in [2.45, 2.75) is 31.1 Å². The Kier molecular flexibility index (Phi) is 8.84. The Bertz CT molecular complexity index is 488. The van der Waals surface area contributed by atoms with E-state index < -0.39 is 0 Å². The Morgan fingerprint density at radius 3 is 2.79 bits per heavy atom. The molecule has 2 rings (SSSR count). The van der Waals surface area contributed by atoms with Gasteiger partial charge in [-0.25, -0.2) is 0 Å². The summed E-state index contributed by atoms with van der Waals surface area (Å²) in [6, 6.07) is 7.98. The summed E-state index contributed by atoms with van der Waals surface area (Å²) in [6.07, 6.45) is 3.61. The minimum Gasteiger partial charge on any atom is -0.497 e. The van der Waals surface area contributed by atoms with Gasteiger partial charge in [0.15, 0.2) is 5.96 Å². The van der Waals surface area contributed by atoms with E-state index in [4.69, 9.17) is 9.47 Å². The Morgan fingerprint density at radius 2 is 2.12 bits per heavy atom. The molecule has 1 aromatic rings. The van der Waals surface area contributed by atoms with Gasteiger partial charge < -0.3 is 20.1 Å². The van der Waals surface area contributed by atoms with Gasteiger partial charge in [0, 0.05) is 32.0 Å². The quantitative estimate of drug-likeness (QED) is 0.407. The molecule has 0 aliphatic carbocycles. The molecule has 0 saturated carbocycles. The first-order valence-electron chi connectivity index (χ1n) is 8.58. The summed E-state index contributed by atoms with van der Waals surface area (Å²) in [5.41, 5.74) is 1.16. The van der Waals surface area contributed by atoms with Gasteiger partial charge in [0.05, 0.1) is 13.7 Å². The minimum absolute atomic E-state index is 0.635. The SMILES string of the molecule is CN=C(NCCCOCc1ccc(OC)cc1)NCC1CCCS1. The Balaban J connectivity index is 1.51. The van der Waals surface area contributed by atoms with Crippen molar-refractivity contribution in [3.8, 4) is 5.75 Å². The van der Waals surface area contributed by atoms with Crippen LogP contribution in [0.2, 0.25) is 0 Å². The molecule has 1 atom stereocenters. The van der Waals surface area contributed by atoms with Crippen LogP contribution in [0.15, 0.2) is 29.3 Å². The first-order chi connectivity index (χ1) is 11.8. The molecule has 0 radical (unpaired) electrons. The molecule has 1 aliphatic rings. The average molecular weight is 352 g/mol. The third-order valence-electron chi connectivity index (χ3n) is 3.93. The largest absolute Gasteiger partial charge is 0.497 e. The highest BCUT2D eigenvalue weighted by Gasteiger charge is 2.15. The number of nitrogens with zero attached hydrogens (tertiary/aromatic N) is 1. The first kappa shape index (κ1) is 18.9. The lowest BCUT2D eigenvalue weighted by Gasteiger charge is -2.14. The molecule has 24 heavy (non-hydrogen) atoms. The second kappa shape index (κ2) is 11.2. The van der Waals surface area contributed by atoms with E-state index >= 15 is 0 Å². The highest BCUT2D eigenvalue weighted by Crippen LogP contribution is 2.25. The van der Waals surface area contributed by atoms with E-state index in [0.717, 1.165) is 48.6 Å². The summed E-state index contributed by atoms with van der Waals surface area (Å²) >= 11 is 2.06. The monoisotopic (exact) mass is 351 g/mol. The Labute approximate surface area is 149 Å². The molecule has 0 bridgehead atoms. The number of nitrogens with one attached hydrogen (secondary N) is 2. The second-order valence-electron chi connectivity index (χ2n) is 5.77. The van der Waals surface area contributed by atoms with Crippen molar-refractivity contribution in [1.29, 1.82) is 0 Å². The summed E-state index contributed by atoms with van der Waals surface area (Å²) in [4.78, 5) is 4.26. The van der Waals surface area contributed by atoms with E-state index in [9.17, 15) is 0 Å². The fourth-order valence-corrected chi connectivity index (χ4v) is 3.73. The number of benzene rings is 1. The van der Waals surface area contributed by atoms with Crippen LogP contribution in [0.5, 0.6) is 5.75 Å². The van der Waals surface area contributed by atoms with Crippen LogP contribution in [0.25, 0.3) is 0 Å². The zero-order chi connectivity index (χ0) is 17.0. The van der Waals surface area contributed by atoms with Gasteiger partial charge in [-0.3, -0.25) is 4.99 Å². The van der Waals surface area contributed by atoms with Gasteiger partial charge >= 0.3 is 0 Å². The van der Waals surface area contributed by atoms with Crippen LogP contribution in [-0.4, -0.2) is 50.8 Å². The maximum Gasteiger partial charge on any atom is 0.191 e. The molecular formula is C18H29N3O2S. The van der Waals surface area contributed by atoms with Gasteiger partial charge in [-0.1, -0.05) is 12.1 Å². The van der Waals surface area contributed by atoms with Gasteiger partial charge in [-0.2, -0.15) is 11.8 Å². The fourth-order valence-electron chi connectivity index (χ4n) is 2.53. The lowest BCUT2D eigenvalue weighted by molar-refractivity contribution is 0.119. The van der Waals surface area contributed by atoms with Crippen LogP contribution >= 0.6 is 11.8 Å². The van der Waals surface area contributed by atoms with Crippen molar-refractivity contribution < 1.29 is 9.47 Å². The standard InChI is InChI=1S/C18H29N3O2S/c1-19-18(21-13-17-5-3-12-24-17)20-10-4-11-23-14-15-6-8-16(22-2)9-7-15/h6-9,17H,3-5,10-14H2,1-2H3,(H2,19,20,21). The normalized spacial score (nSPS) is 17.8. The molecule has 5 nitrogen and oxygen atoms in total. The van der Waals surface area contributed by atoms with Crippen LogP contribution in [-0.2, 0) is 11.3 Å². The van der Waals surface area contributed by atoms with Crippen molar-refractivity contribution in [3.05, 3.63) is 29.8 Å². The molecule has 1 fully saturated rings. The molecule has 2 N–H and O–H groups in total. The maximum atomic E-state index is 5.71. The van der Waals surface area contributed by atoms with Crippen molar-refractivity contribution >= 4 is 17.7 Å². The molecule has 134 valence electrons. The number of hydrogen-bond donors (Lipinski definition) is 2. The van der Waals surface area contributed by atoms with Crippen molar-refractivity contribution in [2.75, 3.05) is 39.6 Å². The highest BCUT2D eigenvalue weighted by atomic mass is 32.2. The Morgan fingerprint density at radius 1 is 1.29 bits per heavy atom. The topological polar surface area (TPSA) is 54.9 Å². The second-order valence-corrected chi connectivity index (χ2v) is 7.18. The molecule has 1 aromatic carbocycles. The predicted octanol–water partition coefficient (Wildman–Crippen LogP) is 2.66. The molecule has 1 saturated heterocycles. The third kappa shape index (κ3) is 7.01. The zero-order valence-corrected chi connectivity index (χ0v) is 15.5. The predicted molar refractivity (Wildman–Crippen MR) is 102 cm³/mol. The average Bonchev–Trinajstić information content (AvgIpc) is 3.14. The number of methoxy groups -OCH3 is 1. The molecule has 1 unspecified atom stereocenters. The van der Waals surface area contributed by atoms with Crippen LogP contribution in [0, 0.1) is 0 Å². The lowest BCUT2D eigenvalue weighted by atomic mass is 10.2. The smallest absolute Gasteiger partial charge is 0.191 e. The van der Waals surface area contributed by atoms with E-state index in [2.05, 4.69) is 27.4 Å². The summed E-state index contributed by atoms with van der Waals surface area (Å²) in [5.74, 6) is 3.06. The maximum absolute atomic E-state index is 5.71. The summed E-state index contributed by atoms with van der Waals surface area (Å²) in [6.45, 7) is 3.22. The number of rotatable bonds is 9. The zero-order valence-electron chi connectivity index (χ0n) is 14.7. The van der Waals surface area contributed by atoms with Crippen molar-refractivity contribution in [2.24, 2.45) is 4.99 Å². The number of guanidine groups is 1. The van der Waals surface area contributed by atoms with Crippen molar-refractivity contribution in [3.63, 3.8) is 0 Å². The van der Waals surface area contributed by atoms with Crippen LogP contribution in [0.3, 0.4) is 0 Å². The third-order valence-corrected chi connectivity index (χ3v) is 5.33. The molecule has 0 spiro atoms. The summed E-state index contributed by atoms with van der Waals surface area (Å²) in [5, 5.41) is 7.48. The minimum atomic E-state index is 0.635. The molecule has 6 heteroatoms. The van der Waals surface area contributed by atoms with Crippen molar-refractivity contribution in [1.82, 2.24) is 10.6 Å². The van der Waals surface area contributed by atoms with Crippen LogP contribution in [0.1, 0.15) is 24.8 Å². The number of aliphatic imine (C=N–C) groups is 1. The first-order valence-corrected chi connectivity index (χ1v) is 9.63. The van der Waals surface area contributed by atoms with Crippen LogP contribution < -0.4 is 15.4 Å². The van der Waals surface area contributed by atoms with E-state index in [-0.39, 0.29) is 0 Å². The lowest BCUT2D eigenvalue weighted by Crippen LogP contribution is -2.40. The molecule has 0 amide bonds. The van der Waals surface area contributed by atoms with E-state index in [1.165, 1.54) is 18.6 Å². The Hall–Kier alpha value is -1.40. The number of ether oxygens (including phenoxy) is 2. The summed E-state index contributed by atoms with van der Waals surface area (Å²) < 4.78 is 10.9. The van der Waals surface area contributed by atoms with Gasteiger partial charge in [0.2, 0.25) is 0 Å². The number of thioether (sulfide) groups is 1. The molecule has 0 aromatic heterocycles. The highest BCUT2D eigenvalue weighted by molar-refractivity contribution is 8.00. The molecule has 1 heterocycles. The van der Waals surface area contributed by atoms with E-state index in [0.29, 0.717) is 6.61 Å². The summed E-state index contributed by atoms with van der Waals surface area (Å²) in [7, 11) is 3.49. The number of hydrogen-bond acceptors (Lipinski definition) is 4.